The van der Waals surface area contributed by atoms with Crippen molar-refractivity contribution in [1.82, 2.24) is 4.31 Å². The van der Waals surface area contributed by atoms with Crippen LogP contribution in [0.5, 0.6) is 5.75 Å². The molecule has 2 N–H and O–H groups in total. The van der Waals surface area contributed by atoms with E-state index in [1.165, 1.54) is 37.4 Å². The Morgan fingerprint density at radius 1 is 1.23 bits per heavy atom. The maximum atomic E-state index is 13.7. The number of aryl methyl sites for hydroxylation is 2. The molecular weight excluding hydrogens is 425 g/mol. The number of halogens is 1. The predicted octanol–water partition coefficient (Wildman–Crippen LogP) is 2.81. The van der Waals surface area contributed by atoms with Crippen molar-refractivity contribution < 1.29 is 27.1 Å². The zero-order chi connectivity index (χ0) is 22.9. The fourth-order valence-corrected chi connectivity index (χ4v) is 4.50. The second kappa shape index (κ2) is 8.64. The molecule has 1 heterocycles. The predicted molar refractivity (Wildman–Crippen MR) is 114 cm³/mol. The van der Waals surface area contributed by atoms with E-state index in [4.69, 9.17) is 4.74 Å². The fraction of sp³-hybridized carbons (Fsp3) is 0.333. The molecule has 0 fully saturated rings. The van der Waals surface area contributed by atoms with Crippen molar-refractivity contribution in [1.29, 1.82) is 0 Å². The molecule has 3 rings (SSSR count). The maximum absolute atomic E-state index is 13.7. The van der Waals surface area contributed by atoms with Gasteiger partial charge in [-0.1, -0.05) is 13.0 Å². The molecule has 2 aromatic carbocycles. The lowest BCUT2D eigenvalue weighted by atomic mass is 10.1. The van der Waals surface area contributed by atoms with Gasteiger partial charge in [-0.2, -0.15) is 4.31 Å². The Bertz CT molecular complexity index is 1150. The molecule has 0 saturated heterocycles. The first-order chi connectivity index (χ1) is 14.5. The van der Waals surface area contributed by atoms with Crippen LogP contribution < -0.4 is 15.4 Å². The van der Waals surface area contributed by atoms with Gasteiger partial charge in [-0.3, -0.25) is 9.59 Å². The molecule has 2 amide bonds. The van der Waals surface area contributed by atoms with Gasteiger partial charge >= 0.3 is 0 Å². The summed E-state index contributed by atoms with van der Waals surface area (Å²) in [5, 5.41) is 5.20. The van der Waals surface area contributed by atoms with E-state index in [9.17, 15) is 22.4 Å². The number of ether oxygens (including phenoxy) is 1. The molecule has 166 valence electrons. The number of likely N-dealkylation sites (N-methyl/N-ethyl adjacent to an activating group) is 1. The van der Waals surface area contributed by atoms with Crippen molar-refractivity contribution in [3.63, 3.8) is 0 Å². The molecule has 0 aromatic heterocycles. The third-order valence-electron chi connectivity index (χ3n) is 4.98. The summed E-state index contributed by atoms with van der Waals surface area (Å²) in [4.78, 5) is 24.3. The number of amides is 2. The number of nitrogens with one attached hydrogen (secondary N) is 2. The third-order valence-corrected chi connectivity index (χ3v) is 6.92. The van der Waals surface area contributed by atoms with Crippen LogP contribution in [0.15, 0.2) is 35.2 Å². The fourth-order valence-electron chi connectivity index (χ4n) is 3.16. The van der Waals surface area contributed by atoms with E-state index < -0.39 is 34.4 Å². The van der Waals surface area contributed by atoms with E-state index in [-0.39, 0.29) is 22.2 Å². The monoisotopic (exact) mass is 449 g/mol. The quantitative estimate of drug-likeness (QED) is 0.706. The smallest absolute Gasteiger partial charge is 0.265 e. The number of rotatable bonds is 6. The Hall–Kier alpha value is -2.98. The molecule has 0 spiro atoms. The van der Waals surface area contributed by atoms with E-state index in [0.29, 0.717) is 23.2 Å². The molecule has 1 aliphatic rings. The first kappa shape index (κ1) is 22.7. The van der Waals surface area contributed by atoms with Crippen LogP contribution in [-0.2, 0) is 19.6 Å². The summed E-state index contributed by atoms with van der Waals surface area (Å²) in [5.74, 6) is -1.12. The minimum Gasteiger partial charge on any atom is -0.478 e. The zero-order valence-corrected chi connectivity index (χ0v) is 18.5. The summed E-state index contributed by atoms with van der Waals surface area (Å²) in [5.41, 5.74) is 1.46. The Labute approximate surface area is 180 Å². The van der Waals surface area contributed by atoms with Crippen LogP contribution in [0.1, 0.15) is 24.5 Å². The van der Waals surface area contributed by atoms with Crippen molar-refractivity contribution in [2.24, 2.45) is 0 Å². The molecule has 0 saturated carbocycles. The maximum Gasteiger partial charge on any atom is 0.265 e. The Balaban J connectivity index is 1.79. The highest BCUT2D eigenvalue weighted by atomic mass is 32.2. The van der Waals surface area contributed by atoms with Gasteiger partial charge in [0.1, 0.15) is 11.6 Å². The second-order valence-corrected chi connectivity index (χ2v) is 9.40. The average Bonchev–Trinajstić information content (AvgIpc) is 2.69. The summed E-state index contributed by atoms with van der Waals surface area (Å²) in [7, 11) is -2.76. The number of carbonyl (C=O) groups excluding carboxylic acids is 2. The van der Waals surface area contributed by atoms with Crippen molar-refractivity contribution in [2.45, 2.75) is 38.2 Å². The minimum absolute atomic E-state index is 0.0334. The van der Waals surface area contributed by atoms with Crippen LogP contribution in [0.2, 0.25) is 0 Å². The highest BCUT2D eigenvalue weighted by molar-refractivity contribution is 7.89. The van der Waals surface area contributed by atoms with Gasteiger partial charge < -0.3 is 15.4 Å². The third kappa shape index (κ3) is 4.70. The van der Waals surface area contributed by atoms with Gasteiger partial charge in [0.05, 0.1) is 17.1 Å². The number of nitrogens with zero attached hydrogens (tertiary/aromatic N) is 1. The van der Waals surface area contributed by atoms with E-state index >= 15 is 0 Å². The van der Waals surface area contributed by atoms with Crippen LogP contribution in [0.4, 0.5) is 15.8 Å². The first-order valence-electron chi connectivity index (χ1n) is 9.67. The normalized spacial score (nSPS) is 15.8. The minimum atomic E-state index is -4.04. The van der Waals surface area contributed by atoms with E-state index in [0.717, 1.165) is 4.31 Å². The molecule has 10 heteroatoms. The van der Waals surface area contributed by atoms with Crippen LogP contribution >= 0.6 is 0 Å². The molecule has 8 nitrogen and oxygen atoms in total. The van der Waals surface area contributed by atoms with Gasteiger partial charge in [0.15, 0.2) is 6.10 Å². The van der Waals surface area contributed by atoms with Gasteiger partial charge in [-0.25, -0.2) is 12.8 Å². The molecule has 0 unspecified atom stereocenters. The number of carbonyl (C=O) groups is 2. The van der Waals surface area contributed by atoms with Crippen LogP contribution in [-0.4, -0.2) is 44.2 Å². The Morgan fingerprint density at radius 2 is 1.94 bits per heavy atom. The first-order valence-corrected chi connectivity index (χ1v) is 11.1. The summed E-state index contributed by atoms with van der Waals surface area (Å²) < 4.78 is 46.4. The van der Waals surface area contributed by atoms with Gasteiger partial charge in [0, 0.05) is 18.8 Å². The summed E-state index contributed by atoms with van der Waals surface area (Å²) >= 11 is 0. The molecule has 0 bridgehead atoms. The zero-order valence-electron chi connectivity index (χ0n) is 17.7. The van der Waals surface area contributed by atoms with Crippen molar-refractivity contribution in [2.75, 3.05) is 24.2 Å². The number of hydrogen-bond acceptors (Lipinski definition) is 5. The molecule has 2 aromatic rings. The molecule has 31 heavy (non-hydrogen) atoms. The standard InChI is InChI=1S/C21H24FN3O5S/c1-5-17-21(27)24-16-8-13(3)19(10-18(16)30-17)31(28,29)25(4)11-20(26)23-14-7-6-12(2)15(22)9-14/h6-10,17H,5,11H2,1-4H3,(H,23,26)(H,24,27)/t17-/m1/s1. The van der Waals surface area contributed by atoms with Gasteiger partial charge in [0.2, 0.25) is 15.9 Å². The Morgan fingerprint density at radius 3 is 2.58 bits per heavy atom. The van der Waals surface area contributed by atoms with Gasteiger partial charge in [0.25, 0.3) is 5.91 Å². The van der Waals surface area contributed by atoms with Gasteiger partial charge in [-0.05, 0) is 49.6 Å². The lowest BCUT2D eigenvalue weighted by Crippen LogP contribution is -2.37. The number of fused-ring (bicyclic) bond motifs is 1. The highest BCUT2D eigenvalue weighted by Crippen LogP contribution is 2.35. The van der Waals surface area contributed by atoms with Crippen LogP contribution in [0.25, 0.3) is 0 Å². The molecule has 1 atom stereocenters. The van der Waals surface area contributed by atoms with Gasteiger partial charge in [-0.15, -0.1) is 0 Å². The molecule has 0 radical (unpaired) electrons. The van der Waals surface area contributed by atoms with Crippen molar-refractivity contribution in [3.05, 3.63) is 47.3 Å². The molecule has 0 aliphatic carbocycles. The lowest BCUT2D eigenvalue weighted by Gasteiger charge is -2.27. The summed E-state index contributed by atoms with van der Waals surface area (Å²) in [6.07, 6.45) is -0.273. The highest BCUT2D eigenvalue weighted by Gasteiger charge is 2.31. The molecule has 1 aliphatic heterocycles. The Kier molecular flexibility index (Phi) is 6.33. The van der Waals surface area contributed by atoms with Crippen LogP contribution in [0.3, 0.4) is 0 Å². The number of hydrogen-bond donors (Lipinski definition) is 2. The topological polar surface area (TPSA) is 105 Å². The number of benzene rings is 2. The number of anilines is 2. The largest absolute Gasteiger partial charge is 0.478 e. The van der Waals surface area contributed by atoms with Crippen LogP contribution in [0, 0.1) is 19.7 Å². The van der Waals surface area contributed by atoms with Crippen molar-refractivity contribution in [3.8, 4) is 5.75 Å². The lowest BCUT2D eigenvalue weighted by molar-refractivity contribution is -0.123. The van der Waals surface area contributed by atoms with Crippen molar-refractivity contribution >= 4 is 33.2 Å². The number of sulfonamides is 1. The summed E-state index contributed by atoms with van der Waals surface area (Å²) in [6.45, 7) is 4.51. The van der Waals surface area contributed by atoms with E-state index in [1.807, 2.05) is 0 Å². The second-order valence-electron chi connectivity index (χ2n) is 7.39. The summed E-state index contributed by atoms with van der Waals surface area (Å²) in [6, 6.07) is 7.10. The average molecular weight is 450 g/mol. The molecular formula is C21H24FN3O5S. The van der Waals surface area contributed by atoms with E-state index in [2.05, 4.69) is 10.6 Å². The van der Waals surface area contributed by atoms with E-state index in [1.54, 1.807) is 20.8 Å². The SMILES string of the molecule is CC[C@H]1Oc2cc(S(=O)(=O)N(C)CC(=O)Nc3ccc(C)c(F)c3)c(C)cc2NC1=O.